The maximum atomic E-state index is 5.68. The van der Waals surface area contributed by atoms with Gasteiger partial charge in [0, 0.05) is 30.0 Å². The Labute approximate surface area is 118 Å². The van der Waals surface area contributed by atoms with Crippen LogP contribution in [0, 0.1) is 5.41 Å². The number of methoxy groups -OCH3 is 1. The second-order valence-electron chi connectivity index (χ2n) is 5.63. The third-order valence-electron chi connectivity index (χ3n) is 3.06. The molecule has 0 aromatic carbocycles. The van der Waals surface area contributed by atoms with Crippen molar-refractivity contribution in [3.63, 3.8) is 0 Å². The van der Waals surface area contributed by atoms with E-state index in [1.807, 2.05) is 13.2 Å². The summed E-state index contributed by atoms with van der Waals surface area (Å²) in [5.74, 6) is 0. The minimum atomic E-state index is 0.0991. The maximum Gasteiger partial charge on any atom is 0.0775 e. The monoisotopic (exact) mass is 314 g/mol. The summed E-state index contributed by atoms with van der Waals surface area (Å²) in [5, 5.41) is 3.36. The molecule has 0 radical (unpaired) electrons. The molecule has 4 heteroatoms. The molecular weight excluding hydrogens is 292 g/mol. The zero-order valence-electron chi connectivity index (χ0n) is 11.8. The number of nitrogens with zero attached hydrogens (tertiary/aromatic N) is 1. The Hall–Kier alpha value is -0.450. The molecule has 0 saturated heterocycles. The van der Waals surface area contributed by atoms with Gasteiger partial charge in [-0.25, -0.2) is 0 Å². The van der Waals surface area contributed by atoms with Gasteiger partial charge in [0.1, 0.15) is 0 Å². The van der Waals surface area contributed by atoms with E-state index < -0.39 is 0 Å². The summed E-state index contributed by atoms with van der Waals surface area (Å²) < 4.78 is 6.69. The quantitative estimate of drug-likeness (QED) is 0.907. The molecule has 1 rings (SSSR count). The zero-order chi connectivity index (χ0) is 13.8. The molecule has 1 aromatic heterocycles. The van der Waals surface area contributed by atoms with Gasteiger partial charge >= 0.3 is 0 Å². The number of ether oxygens (including phenoxy) is 1. The van der Waals surface area contributed by atoms with E-state index in [2.05, 4.69) is 53.1 Å². The van der Waals surface area contributed by atoms with Crippen LogP contribution >= 0.6 is 15.9 Å². The van der Waals surface area contributed by atoms with Gasteiger partial charge < -0.3 is 10.1 Å². The molecule has 0 spiro atoms. The Morgan fingerprint density at radius 3 is 2.50 bits per heavy atom. The third-order valence-corrected chi connectivity index (χ3v) is 3.49. The molecule has 102 valence electrons. The second kappa shape index (κ2) is 6.64. The van der Waals surface area contributed by atoms with Crippen LogP contribution in [-0.4, -0.2) is 31.3 Å². The fraction of sp³-hybridized carbons (Fsp3) is 0.643. The fourth-order valence-electron chi connectivity index (χ4n) is 2.30. The Morgan fingerprint density at radius 2 is 2.06 bits per heavy atom. The van der Waals surface area contributed by atoms with Crippen LogP contribution in [0.25, 0.3) is 0 Å². The maximum absolute atomic E-state index is 5.68. The number of hydrogen-bond acceptors (Lipinski definition) is 3. The molecule has 1 heterocycles. The van der Waals surface area contributed by atoms with Gasteiger partial charge in [0.2, 0.25) is 0 Å². The van der Waals surface area contributed by atoms with Crippen molar-refractivity contribution in [3.05, 3.63) is 28.5 Å². The largest absolute Gasteiger partial charge is 0.379 e. The Kier molecular flexibility index (Phi) is 5.76. The lowest BCUT2D eigenvalue weighted by Gasteiger charge is -2.36. The Morgan fingerprint density at radius 1 is 1.39 bits per heavy atom. The van der Waals surface area contributed by atoms with Crippen molar-refractivity contribution in [2.75, 3.05) is 14.2 Å². The van der Waals surface area contributed by atoms with E-state index in [9.17, 15) is 0 Å². The van der Waals surface area contributed by atoms with Gasteiger partial charge in [-0.3, -0.25) is 4.98 Å². The summed E-state index contributed by atoms with van der Waals surface area (Å²) in [6.45, 7) is 6.60. The van der Waals surface area contributed by atoms with Crippen LogP contribution in [0.1, 0.15) is 26.3 Å². The number of nitrogens with one attached hydrogen (secondary N) is 1. The molecule has 0 bridgehead atoms. The van der Waals surface area contributed by atoms with Crippen molar-refractivity contribution in [2.45, 2.75) is 39.3 Å². The SMILES string of the molecule is CNC(Cc1cncc(Br)c1)C(OC)C(C)(C)C. The van der Waals surface area contributed by atoms with Gasteiger partial charge in [0.05, 0.1) is 6.10 Å². The molecule has 18 heavy (non-hydrogen) atoms. The van der Waals surface area contributed by atoms with E-state index >= 15 is 0 Å². The van der Waals surface area contributed by atoms with Gasteiger partial charge in [0.15, 0.2) is 0 Å². The standard InChI is InChI=1S/C14H23BrN2O/c1-14(2,3)13(18-5)12(16-4)7-10-6-11(15)9-17-8-10/h6,8-9,12-13,16H,7H2,1-5H3. The van der Waals surface area contributed by atoms with Crippen LogP contribution in [0.2, 0.25) is 0 Å². The molecule has 0 aliphatic heterocycles. The first-order valence-electron chi connectivity index (χ1n) is 6.18. The summed E-state index contributed by atoms with van der Waals surface area (Å²) in [4.78, 5) is 4.20. The minimum Gasteiger partial charge on any atom is -0.379 e. The summed E-state index contributed by atoms with van der Waals surface area (Å²) in [5.41, 5.74) is 1.30. The Balaban J connectivity index is 2.84. The van der Waals surface area contributed by atoms with E-state index in [0.717, 1.165) is 10.9 Å². The normalized spacial score (nSPS) is 15.4. The van der Waals surface area contributed by atoms with Gasteiger partial charge in [0.25, 0.3) is 0 Å². The van der Waals surface area contributed by atoms with Crippen LogP contribution in [-0.2, 0) is 11.2 Å². The highest BCUT2D eigenvalue weighted by Gasteiger charge is 2.31. The topological polar surface area (TPSA) is 34.2 Å². The smallest absolute Gasteiger partial charge is 0.0775 e. The Bertz CT molecular complexity index is 376. The lowest BCUT2D eigenvalue weighted by atomic mass is 9.82. The first kappa shape index (κ1) is 15.6. The fourth-order valence-corrected chi connectivity index (χ4v) is 2.72. The van der Waals surface area contributed by atoms with E-state index in [0.29, 0.717) is 0 Å². The molecule has 1 N–H and O–H groups in total. The molecule has 0 aliphatic carbocycles. The van der Waals surface area contributed by atoms with Crippen molar-refractivity contribution in [1.82, 2.24) is 10.3 Å². The van der Waals surface area contributed by atoms with Gasteiger partial charge in [-0.2, -0.15) is 0 Å². The summed E-state index contributed by atoms with van der Waals surface area (Å²) in [6, 6.07) is 2.37. The first-order valence-corrected chi connectivity index (χ1v) is 6.97. The average molecular weight is 315 g/mol. The lowest BCUT2D eigenvalue weighted by Crippen LogP contribution is -2.47. The third kappa shape index (κ3) is 4.34. The van der Waals surface area contributed by atoms with E-state index in [4.69, 9.17) is 4.74 Å². The molecule has 0 amide bonds. The van der Waals surface area contributed by atoms with Gasteiger partial charge in [-0.15, -0.1) is 0 Å². The van der Waals surface area contributed by atoms with Crippen LogP contribution in [0.5, 0.6) is 0 Å². The highest BCUT2D eigenvalue weighted by Crippen LogP contribution is 2.26. The zero-order valence-corrected chi connectivity index (χ0v) is 13.4. The molecule has 0 saturated carbocycles. The van der Waals surface area contributed by atoms with Crippen LogP contribution in [0.4, 0.5) is 0 Å². The number of hydrogen-bond donors (Lipinski definition) is 1. The summed E-state index contributed by atoms with van der Waals surface area (Å²) in [6.07, 6.45) is 4.76. The predicted octanol–water partition coefficient (Wildman–Crippen LogP) is 3.04. The molecule has 2 atom stereocenters. The highest BCUT2D eigenvalue weighted by molar-refractivity contribution is 9.10. The van der Waals surface area contributed by atoms with Gasteiger partial charge in [-0.05, 0) is 46.4 Å². The second-order valence-corrected chi connectivity index (χ2v) is 6.55. The molecule has 2 unspecified atom stereocenters. The van der Waals surface area contributed by atoms with E-state index in [1.54, 1.807) is 13.3 Å². The van der Waals surface area contributed by atoms with Crippen LogP contribution in [0.15, 0.2) is 22.9 Å². The number of halogens is 1. The molecule has 0 fully saturated rings. The lowest BCUT2D eigenvalue weighted by molar-refractivity contribution is -0.00923. The van der Waals surface area contributed by atoms with E-state index in [1.165, 1.54) is 5.56 Å². The molecule has 3 nitrogen and oxygen atoms in total. The van der Waals surface area contributed by atoms with Gasteiger partial charge in [-0.1, -0.05) is 20.8 Å². The summed E-state index contributed by atoms with van der Waals surface area (Å²) in [7, 11) is 3.76. The van der Waals surface area contributed by atoms with Crippen molar-refractivity contribution in [1.29, 1.82) is 0 Å². The van der Waals surface area contributed by atoms with E-state index in [-0.39, 0.29) is 17.6 Å². The first-order chi connectivity index (χ1) is 8.38. The van der Waals surface area contributed by atoms with Crippen LogP contribution in [0.3, 0.4) is 0 Å². The average Bonchev–Trinajstić information content (AvgIpc) is 2.26. The number of pyridine rings is 1. The number of rotatable bonds is 5. The highest BCUT2D eigenvalue weighted by atomic mass is 79.9. The number of aromatic nitrogens is 1. The van der Waals surface area contributed by atoms with Crippen molar-refractivity contribution >= 4 is 15.9 Å². The molecular formula is C14H23BrN2O. The van der Waals surface area contributed by atoms with Crippen molar-refractivity contribution < 1.29 is 4.74 Å². The molecule has 0 aliphatic rings. The van der Waals surface area contributed by atoms with Crippen LogP contribution < -0.4 is 5.32 Å². The summed E-state index contributed by atoms with van der Waals surface area (Å²) >= 11 is 3.45. The minimum absolute atomic E-state index is 0.0991. The van der Waals surface area contributed by atoms with Crippen molar-refractivity contribution in [2.24, 2.45) is 5.41 Å². The van der Waals surface area contributed by atoms with Crippen molar-refractivity contribution in [3.8, 4) is 0 Å². The molecule has 1 aromatic rings. The number of likely N-dealkylation sites (N-methyl/N-ethyl adjacent to an activating group) is 1. The predicted molar refractivity (Wildman–Crippen MR) is 78.7 cm³/mol.